The molecule has 3 unspecified atom stereocenters. The van der Waals surface area contributed by atoms with Crippen LogP contribution in [0.25, 0.3) is 0 Å². The number of fused-ring (bicyclic) bond motifs is 2. The van der Waals surface area contributed by atoms with E-state index in [4.69, 9.17) is 4.98 Å². The normalized spacial score (nSPS) is 22.3. The first-order valence-electron chi connectivity index (χ1n) is 9.32. The summed E-state index contributed by atoms with van der Waals surface area (Å²) in [5, 5.41) is 6.43. The fraction of sp³-hybridized carbons (Fsp3) is 0.450. The Morgan fingerprint density at radius 3 is 2.85 bits per heavy atom. The van der Waals surface area contributed by atoms with Gasteiger partial charge in [-0.3, -0.25) is 4.79 Å². The van der Waals surface area contributed by atoms with Gasteiger partial charge in [0.25, 0.3) is 0 Å². The minimum Gasteiger partial charge on any atom is -0.356 e. The van der Waals surface area contributed by atoms with Gasteiger partial charge in [-0.1, -0.05) is 38.5 Å². The summed E-state index contributed by atoms with van der Waals surface area (Å²) in [6, 6.07) is 8.38. The molecule has 1 aromatic carbocycles. The molecule has 3 heterocycles. The Hall–Kier alpha value is -2.63. The zero-order valence-electron chi connectivity index (χ0n) is 15.7. The Morgan fingerprint density at radius 1 is 1.31 bits per heavy atom. The lowest BCUT2D eigenvalue weighted by molar-refractivity contribution is -0.118. The van der Waals surface area contributed by atoms with Gasteiger partial charge < -0.3 is 15.5 Å². The van der Waals surface area contributed by atoms with Gasteiger partial charge in [0.2, 0.25) is 5.91 Å². The van der Waals surface area contributed by atoms with Gasteiger partial charge in [-0.15, -0.1) is 0 Å². The molecule has 0 spiro atoms. The predicted molar refractivity (Wildman–Crippen MR) is 104 cm³/mol. The predicted octanol–water partition coefficient (Wildman–Crippen LogP) is 3.65. The van der Waals surface area contributed by atoms with Gasteiger partial charge in [0, 0.05) is 11.7 Å². The van der Waals surface area contributed by atoms with Crippen LogP contribution in [0, 0.1) is 12.8 Å². The lowest BCUT2D eigenvalue weighted by Gasteiger charge is -2.33. The Labute approximate surface area is 154 Å². The molecule has 1 aromatic heterocycles. The molecule has 6 heteroatoms. The Morgan fingerprint density at radius 2 is 2.08 bits per heavy atom. The first kappa shape index (κ1) is 16.8. The number of para-hydroxylation sites is 1. The van der Waals surface area contributed by atoms with Crippen molar-refractivity contribution in [2.75, 3.05) is 15.5 Å². The molecule has 0 fully saturated rings. The molecule has 1 amide bonds. The van der Waals surface area contributed by atoms with Crippen molar-refractivity contribution in [1.29, 1.82) is 0 Å². The lowest BCUT2D eigenvalue weighted by Crippen LogP contribution is -2.44. The summed E-state index contributed by atoms with van der Waals surface area (Å²) in [5.41, 5.74) is 3.14. The second-order valence-electron chi connectivity index (χ2n) is 7.37. The van der Waals surface area contributed by atoms with E-state index in [1.54, 1.807) is 0 Å². The summed E-state index contributed by atoms with van der Waals surface area (Å²) in [4.78, 5) is 24.2. The van der Waals surface area contributed by atoms with Crippen molar-refractivity contribution in [3.63, 3.8) is 0 Å². The van der Waals surface area contributed by atoms with Gasteiger partial charge in [-0.2, -0.15) is 0 Å². The van der Waals surface area contributed by atoms with E-state index in [0.29, 0.717) is 17.3 Å². The first-order valence-corrected chi connectivity index (χ1v) is 9.32. The minimum atomic E-state index is -0.266. The van der Waals surface area contributed by atoms with Gasteiger partial charge in [0.15, 0.2) is 11.6 Å². The monoisotopic (exact) mass is 351 g/mol. The second-order valence-corrected chi connectivity index (χ2v) is 7.37. The molecule has 3 atom stereocenters. The molecule has 2 aliphatic heterocycles. The largest absolute Gasteiger partial charge is 0.356 e. The second kappa shape index (κ2) is 6.27. The van der Waals surface area contributed by atoms with Crippen LogP contribution in [0.2, 0.25) is 0 Å². The maximum atomic E-state index is 12.7. The number of carbonyl (C=O) groups is 1. The number of anilines is 4. The smallest absolute Gasteiger partial charge is 0.247 e. The number of carbonyl (C=O) groups excluding carboxylic acids is 1. The van der Waals surface area contributed by atoms with Gasteiger partial charge >= 0.3 is 0 Å². The summed E-state index contributed by atoms with van der Waals surface area (Å²) in [7, 11) is 0. The number of hydrogen-bond donors (Lipinski definition) is 2. The van der Waals surface area contributed by atoms with E-state index in [-0.39, 0.29) is 23.9 Å². The van der Waals surface area contributed by atoms with Crippen LogP contribution in [-0.4, -0.2) is 28.0 Å². The molecule has 26 heavy (non-hydrogen) atoms. The van der Waals surface area contributed by atoms with E-state index in [9.17, 15) is 4.79 Å². The number of benzene rings is 1. The van der Waals surface area contributed by atoms with Gasteiger partial charge in [-0.25, -0.2) is 9.97 Å². The SMILES string of the molecule is CCC(C)C1Nc2nc(C)nc(N3c4ccccc4CC3C)c2NC1=O. The molecule has 136 valence electrons. The maximum absolute atomic E-state index is 12.7. The molecule has 0 aliphatic carbocycles. The zero-order valence-corrected chi connectivity index (χ0v) is 15.7. The van der Waals surface area contributed by atoms with Crippen LogP contribution in [0.15, 0.2) is 24.3 Å². The fourth-order valence-corrected chi connectivity index (χ4v) is 3.89. The summed E-state index contributed by atoms with van der Waals surface area (Å²) in [6.45, 7) is 8.25. The third-order valence-corrected chi connectivity index (χ3v) is 5.47. The molecular formula is C20H25N5O. The number of amides is 1. The van der Waals surface area contributed by atoms with Crippen LogP contribution in [0.4, 0.5) is 23.0 Å². The molecule has 2 aliphatic rings. The molecular weight excluding hydrogens is 326 g/mol. The van der Waals surface area contributed by atoms with Crippen LogP contribution >= 0.6 is 0 Å². The molecule has 0 radical (unpaired) electrons. The highest BCUT2D eigenvalue weighted by atomic mass is 16.2. The van der Waals surface area contributed by atoms with Crippen LogP contribution in [-0.2, 0) is 11.2 Å². The molecule has 2 N–H and O–H groups in total. The van der Waals surface area contributed by atoms with Crippen LogP contribution < -0.4 is 15.5 Å². The highest BCUT2D eigenvalue weighted by Gasteiger charge is 2.36. The fourth-order valence-electron chi connectivity index (χ4n) is 3.89. The maximum Gasteiger partial charge on any atom is 0.247 e. The highest BCUT2D eigenvalue weighted by Crippen LogP contribution is 2.43. The number of aromatic nitrogens is 2. The summed E-state index contributed by atoms with van der Waals surface area (Å²) in [5.74, 6) is 2.40. The quantitative estimate of drug-likeness (QED) is 0.883. The molecule has 0 bridgehead atoms. The number of hydrogen-bond acceptors (Lipinski definition) is 5. The van der Waals surface area contributed by atoms with Crippen LogP contribution in [0.3, 0.4) is 0 Å². The molecule has 4 rings (SSSR count). The molecule has 0 saturated heterocycles. The molecule has 2 aromatic rings. The molecule has 0 saturated carbocycles. The van der Waals surface area contributed by atoms with Crippen LogP contribution in [0.5, 0.6) is 0 Å². The summed E-state index contributed by atoms with van der Waals surface area (Å²) in [6.07, 6.45) is 1.89. The van der Waals surface area contributed by atoms with Crippen molar-refractivity contribution in [2.24, 2.45) is 5.92 Å². The van der Waals surface area contributed by atoms with Crippen molar-refractivity contribution >= 4 is 28.9 Å². The Balaban J connectivity index is 1.81. The highest BCUT2D eigenvalue weighted by molar-refractivity contribution is 6.05. The zero-order chi connectivity index (χ0) is 18.4. The van der Waals surface area contributed by atoms with Crippen molar-refractivity contribution in [3.8, 4) is 0 Å². The van der Waals surface area contributed by atoms with Crippen molar-refractivity contribution in [2.45, 2.75) is 52.6 Å². The van der Waals surface area contributed by atoms with E-state index in [1.807, 2.05) is 13.0 Å². The van der Waals surface area contributed by atoms with E-state index >= 15 is 0 Å². The summed E-state index contributed by atoms with van der Waals surface area (Å²) < 4.78 is 0. The van der Waals surface area contributed by atoms with Crippen LogP contribution in [0.1, 0.15) is 38.6 Å². The minimum absolute atomic E-state index is 0.0133. The standard InChI is InChI=1S/C20H25N5O/c1-5-11(2)16-20(26)24-17-18(23-16)21-13(4)22-19(17)25-12(3)10-14-8-6-7-9-15(14)25/h6-9,11-12,16H,5,10H2,1-4H3,(H,24,26)(H,21,22,23). The number of aryl methyl sites for hydroxylation is 1. The average molecular weight is 351 g/mol. The third-order valence-electron chi connectivity index (χ3n) is 5.47. The van der Waals surface area contributed by atoms with Crippen molar-refractivity contribution in [1.82, 2.24) is 9.97 Å². The van der Waals surface area contributed by atoms with E-state index in [2.05, 4.69) is 59.5 Å². The van der Waals surface area contributed by atoms with Gasteiger partial charge in [-0.05, 0) is 37.8 Å². The molecule has 6 nitrogen and oxygen atoms in total. The summed E-state index contributed by atoms with van der Waals surface area (Å²) >= 11 is 0. The van der Waals surface area contributed by atoms with Gasteiger partial charge in [0.1, 0.15) is 17.6 Å². The van der Waals surface area contributed by atoms with E-state index in [0.717, 1.165) is 24.3 Å². The van der Waals surface area contributed by atoms with E-state index < -0.39 is 0 Å². The Kier molecular flexibility index (Phi) is 4.05. The van der Waals surface area contributed by atoms with Crippen molar-refractivity contribution < 1.29 is 4.79 Å². The van der Waals surface area contributed by atoms with Gasteiger partial charge in [0.05, 0.1) is 0 Å². The number of rotatable bonds is 3. The van der Waals surface area contributed by atoms with Crippen molar-refractivity contribution in [3.05, 3.63) is 35.7 Å². The average Bonchev–Trinajstić information content (AvgIpc) is 2.96. The third kappa shape index (κ3) is 2.60. The Bertz CT molecular complexity index is 865. The first-order chi connectivity index (χ1) is 12.5. The van der Waals surface area contributed by atoms with E-state index in [1.165, 1.54) is 5.56 Å². The number of nitrogens with one attached hydrogen (secondary N) is 2. The lowest BCUT2D eigenvalue weighted by atomic mass is 9.97. The topological polar surface area (TPSA) is 70.2 Å². The number of nitrogens with zero attached hydrogens (tertiary/aromatic N) is 3.